The lowest BCUT2D eigenvalue weighted by Gasteiger charge is -2.11. The topological polar surface area (TPSA) is 52.1 Å². The zero-order chi connectivity index (χ0) is 20.7. The van der Waals surface area contributed by atoms with Crippen LogP contribution in [0.1, 0.15) is 38.3 Å². The molecule has 0 fully saturated rings. The molecule has 0 radical (unpaired) electrons. The van der Waals surface area contributed by atoms with E-state index in [9.17, 15) is 9.18 Å². The Hall–Kier alpha value is -3.60. The van der Waals surface area contributed by atoms with Gasteiger partial charge in [0.2, 0.25) is 0 Å². The molecule has 148 valence electrons. The summed E-state index contributed by atoms with van der Waals surface area (Å²) >= 11 is 0. The number of carbonyl (C=O) groups excluding carboxylic acids is 1. The second-order valence-electron chi connectivity index (χ2n) is 7.57. The van der Waals surface area contributed by atoms with Crippen molar-refractivity contribution in [3.8, 4) is 5.75 Å². The summed E-state index contributed by atoms with van der Waals surface area (Å²) in [5.74, 6) is 0.309. The zero-order valence-electron chi connectivity index (χ0n) is 16.5. The van der Waals surface area contributed by atoms with Gasteiger partial charge in [-0.05, 0) is 66.8 Å². The van der Waals surface area contributed by atoms with Crippen LogP contribution in [0.5, 0.6) is 5.75 Å². The Balaban J connectivity index is 1.40. The third kappa shape index (κ3) is 3.32. The first-order chi connectivity index (χ1) is 14.6. The number of fused-ring (bicyclic) bond motifs is 3. The van der Waals surface area contributed by atoms with E-state index in [1.807, 2.05) is 30.3 Å². The highest BCUT2D eigenvalue weighted by Gasteiger charge is 2.21. The largest absolute Gasteiger partial charge is 0.487 e. The zero-order valence-corrected chi connectivity index (χ0v) is 16.5. The molecular formula is C25H19FN2O2. The number of halogens is 1. The maximum absolute atomic E-state index is 13.9. The van der Waals surface area contributed by atoms with Gasteiger partial charge in [-0.2, -0.15) is 0 Å². The number of benzene rings is 2. The Morgan fingerprint density at radius 1 is 1.00 bits per heavy atom. The minimum absolute atomic E-state index is 0.0225. The van der Waals surface area contributed by atoms with E-state index in [4.69, 9.17) is 4.74 Å². The first-order valence-corrected chi connectivity index (χ1v) is 9.87. The van der Waals surface area contributed by atoms with Gasteiger partial charge in [-0.15, -0.1) is 0 Å². The molecule has 2 aromatic carbocycles. The summed E-state index contributed by atoms with van der Waals surface area (Å²) in [6, 6.07) is 14.6. The van der Waals surface area contributed by atoms with Crippen LogP contribution in [0, 0.1) is 12.7 Å². The van der Waals surface area contributed by atoms with Gasteiger partial charge in [0.05, 0.1) is 11.2 Å². The molecule has 0 N–H and O–H groups in total. The third-order valence-corrected chi connectivity index (χ3v) is 5.56. The SMILES string of the molecule is Cc1cc2ccc(COc3ccc4c(c3)C(=O)c3cnccc3CC4)nc2cc1F. The molecular weight excluding hydrogens is 379 g/mol. The molecule has 0 saturated heterocycles. The molecule has 0 amide bonds. The molecule has 0 bridgehead atoms. The number of nitrogens with zero attached hydrogens (tertiary/aromatic N) is 2. The quantitative estimate of drug-likeness (QED) is 0.488. The predicted octanol–water partition coefficient (Wildman–Crippen LogP) is 4.99. The number of aromatic nitrogens is 2. The second kappa shape index (κ2) is 7.34. The monoisotopic (exact) mass is 398 g/mol. The van der Waals surface area contributed by atoms with E-state index in [2.05, 4.69) is 9.97 Å². The van der Waals surface area contributed by atoms with Gasteiger partial charge in [-0.1, -0.05) is 12.1 Å². The molecule has 4 aromatic rings. The number of hydrogen-bond acceptors (Lipinski definition) is 4. The Morgan fingerprint density at radius 2 is 1.83 bits per heavy atom. The molecule has 0 aliphatic heterocycles. The Bertz CT molecular complexity index is 1300. The number of rotatable bonds is 3. The van der Waals surface area contributed by atoms with E-state index in [0.29, 0.717) is 33.7 Å². The van der Waals surface area contributed by atoms with Crippen LogP contribution >= 0.6 is 0 Å². The van der Waals surface area contributed by atoms with Crippen LogP contribution in [0.2, 0.25) is 0 Å². The third-order valence-electron chi connectivity index (χ3n) is 5.56. The molecule has 0 spiro atoms. The van der Waals surface area contributed by atoms with Crippen LogP contribution in [0.3, 0.4) is 0 Å². The first kappa shape index (κ1) is 18.4. The summed E-state index contributed by atoms with van der Waals surface area (Å²) in [4.78, 5) is 21.6. The van der Waals surface area contributed by atoms with Gasteiger partial charge in [0.15, 0.2) is 5.78 Å². The van der Waals surface area contributed by atoms with E-state index in [0.717, 1.165) is 29.4 Å². The van der Waals surface area contributed by atoms with Crippen molar-refractivity contribution in [2.45, 2.75) is 26.4 Å². The molecule has 30 heavy (non-hydrogen) atoms. The molecule has 5 heteroatoms. The van der Waals surface area contributed by atoms with E-state index in [1.165, 1.54) is 6.07 Å². The number of aryl methyl sites for hydroxylation is 3. The van der Waals surface area contributed by atoms with E-state index in [1.54, 1.807) is 31.5 Å². The average Bonchev–Trinajstić information content (AvgIpc) is 2.90. The molecule has 0 saturated carbocycles. The number of carbonyl (C=O) groups is 1. The van der Waals surface area contributed by atoms with Gasteiger partial charge >= 0.3 is 0 Å². The van der Waals surface area contributed by atoms with Crippen molar-refractivity contribution in [2.75, 3.05) is 0 Å². The fourth-order valence-electron chi connectivity index (χ4n) is 3.87. The second-order valence-corrected chi connectivity index (χ2v) is 7.57. The number of ketones is 1. The van der Waals surface area contributed by atoms with E-state index >= 15 is 0 Å². The Labute approximate surface area is 173 Å². The predicted molar refractivity (Wildman–Crippen MR) is 112 cm³/mol. The molecule has 1 aliphatic carbocycles. The van der Waals surface area contributed by atoms with Crippen molar-refractivity contribution in [2.24, 2.45) is 0 Å². The minimum Gasteiger partial charge on any atom is -0.487 e. The highest BCUT2D eigenvalue weighted by atomic mass is 19.1. The Morgan fingerprint density at radius 3 is 2.70 bits per heavy atom. The molecule has 2 heterocycles. The lowest BCUT2D eigenvalue weighted by atomic mass is 10.00. The van der Waals surface area contributed by atoms with Crippen molar-refractivity contribution >= 4 is 16.7 Å². The van der Waals surface area contributed by atoms with Gasteiger partial charge in [0, 0.05) is 35.0 Å². The normalized spacial score (nSPS) is 12.9. The van der Waals surface area contributed by atoms with Crippen LogP contribution in [-0.2, 0) is 19.4 Å². The minimum atomic E-state index is -0.271. The van der Waals surface area contributed by atoms with Crippen molar-refractivity contribution in [3.05, 3.63) is 100 Å². The fraction of sp³-hybridized carbons (Fsp3) is 0.160. The lowest BCUT2D eigenvalue weighted by Crippen LogP contribution is -2.06. The van der Waals surface area contributed by atoms with Crippen molar-refractivity contribution in [1.82, 2.24) is 9.97 Å². The summed E-state index contributed by atoms with van der Waals surface area (Å²) in [5, 5.41) is 0.889. The smallest absolute Gasteiger partial charge is 0.195 e. The van der Waals surface area contributed by atoms with E-state index in [-0.39, 0.29) is 18.2 Å². The first-order valence-electron chi connectivity index (χ1n) is 9.87. The van der Waals surface area contributed by atoms with Gasteiger partial charge in [0.25, 0.3) is 0 Å². The van der Waals surface area contributed by atoms with Crippen LogP contribution in [0.4, 0.5) is 4.39 Å². The highest BCUT2D eigenvalue weighted by Crippen LogP contribution is 2.27. The summed E-state index contributed by atoms with van der Waals surface area (Å²) in [6.07, 6.45) is 4.98. The fourth-order valence-corrected chi connectivity index (χ4v) is 3.87. The van der Waals surface area contributed by atoms with Crippen LogP contribution in [0.15, 0.2) is 60.9 Å². The molecule has 0 atom stereocenters. The van der Waals surface area contributed by atoms with Gasteiger partial charge in [-0.25, -0.2) is 9.37 Å². The molecule has 2 aromatic heterocycles. The van der Waals surface area contributed by atoms with Crippen molar-refractivity contribution < 1.29 is 13.9 Å². The lowest BCUT2D eigenvalue weighted by molar-refractivity contribution is 0.103. The number of pyridine rings is 2. The van der Waals surface area contributed by atoms with Crippen LogP contribution < -0.4 is 4.74 Å². The van der Waals surface area contributed by atoms with Gasteiger partial charge < -0.3 is 4.74 Å². The summed E-state index contributed by atoms with van der Waals surface area (Å²) < 4.78 is 19.8. The van der Waals surface area contributed by atoms with Gasteiger partial charge in [0.1, 0.15) is 18.2 Å². The molecule has 5 rings (SSSR count). The van der Waals surface area contributed by atoms with Crippen LogP contribution in [0.25, 0.3) is 10.9 Å². The summed E-state index contributed by atoms with van der Waals surface area (Å²) in [5.41, 5.74) is 5.24. The summed E-state index contributed by atoms with van der Waals surface area (Å²) in [7, 11) is 0. The van der Waals surface area contributed by atoms with Crippen molar-refractivity contribution in [1.29, 1.82) is 0 Å². The van der Waals surface area contributed by atoms with Gasteiger partial charge in [-0.3, -0.25) is 9.78 Å². The van der Waals surface area contributed by atoms with Crippen LogP contribution in [-0.4, -0.2) is 15.8 Å². The highest BCUT2D eigenvalue weighted by molar-refractivity contribution is 6.11. The summed E-state index contributed by atoms with van der Waals surface area (Å²) in [6.45, 7) is 1.97. The number of hydrogen-bond donors (Lipinski definition) is 0. The molecule has 4 nitrogen and oxygen atoms in total. The molecule has 0 unspecified atom stereocenters. The molecule has 1 aliphatic rings. The van der Waals surface area contributed by atoms with Crippen molar-refractivity contribution in [3.63, 3.8) is 0 Å². The van der Waals surface area contributed by atoms with E-state index < -0.39 is 0 Å². The maximum atomic E-state index is 13.9. The maximum Gasteiger partial charge on any atom is 0.195 e. The average molecular weight is 398 g/mol. The number of ether oxygens (including phenoxy) is 1. The Kier molecular flexibility index (Phi) is 4.51. The standard InChI is InChI=1S/C25H19FN2O2/c1-15-10-18-4-6-19(28-24(18)12-23(15)26)14-30-20-7-5-16-2-3-17-8-9-27-13-22(17)25(29)21(16)11-20/h4-13H,2-3,14H2,1H3.